The SMILES string of the molecule is C[C@@H]1CN(Cc2ccc(-c3cccnc3C(=O)N3CCC(Nc4ccc(F)cc4)CC3)cc2F)C[C@H](C)N1. The van der Waals surface area contributed by atoms with Crippen LogP contribution in [0, 0.1) is 11.6 Å². The topological polar surface area (TPSA) is 60.5 Å². The molecule has 5 rings (SSSR count). The van der Waals surface area contributed by atoms with Crippen LogP contribution in [-0.2, 0) is 6.54 Å². The van der Waals surface area contributed by atoms with Crippen molar-refractivity contribution in [1.29, 1.82) is 0 Å². The van der Waals surface area contributed by atoms with Gasteiger partial charge < -0.3 is 15.5 Å². The molecule has 3 aromatic rings. The average Bonchev–Trinajstić information content (AvgIpc) is 2.91. The van der Waals surface area contributed by atoms with E-state index in [0.29, 0.717) is 54.1 Å². The quantitative estimate of drug-likeness (QED) is 0.484. The molecule has 6 nitrogen and oxygen atoms in total. The van der Waals surface area contributed by atoms with E-state index in [1.165, 1.54) is 18.2 Å². The van der Waals surface area contributed by atoms with Gasteiger partial charge in [-0.2, -0.15) is 0 Å². The van der Waals surface area contributed by atoms with E-state index in [-0.39, 0.29) is 23.6 Å². The molecular weight excluding hydrogens is 484 g/mol. The number of benzene rings is 2. The van der Waals surface area contributed by atoms with Crippen molar-refractivity contribution in [3.8, 4) is 11.1 Å². The third-order valence-corrected chi connectivity index (χ3v) is 7.40. The molecule has 1 amide bonds. The lowest BCUT2D eigenvalue weighted by Crippen LogP contribution is -2.53. The average molecular weight is 520 g/mol. The number of anilines is 1. The maximum absolute atomic E-state index is 15.2. The van der Waals surface area contributed by atoms with Crippen molar-refractivity contribution >= 4 is 11.6 Å². The van der Waals surface area contributed by atoms with Crippen molar-refractivity contribution < 1.29 is 13.6 Å². The minimum Gasteiger partial charge on any atom is -0.382 e. The Hall–Kier alpha value is -3.36. The highest BCUT2D eigenvalue weighted by atomic mass is 19.1. The third-order valence-electron chi connectivity index (χ3n) is 7.40. The van der Waals surface area contributed by atoms with Gasteiger partial charge in [-0.15, -0.1) is 0 Å². The summed E-state index contributed by atoms with van der Waals surface area (Å²) in [4.78, 5) is 22.0. The molecule has 3 heterocycles. The van der Waals surface area contributed by atoms with E-state index < -0.39 is 0 Å². The van der Waals surface area contributed by atoms with Gasteiger partial charge in [-0.05, 0) is 68.7 Å². The predicted octanol–water partition coefficient (Wildman–Crippen LogP) is 4.93. The summed E-state index contributed by atoms with van der Waals surface area (Å²) in [6.45, 7) is 7.78. The Labute approximate surface area is 223 Å². The zero-order valence-corrected chi connectivity index (χ0v) is 22.0. The molecule has 1 aromatic heterocycles. The Morgan fingerprint density at radius 3 is 2.42 bits per heavy atom. The minimum absolute atomic E-state index is 0.144. The number of nitrogens with one attached hydrogen (secondary N) is 2. The number of hydrogen-bond acceptors (Lipinski definition) is 5. The fourth-order valence-corrected chi connectivity index (χ4v) is 5.62. The lowest BCUT2D eigenvalue weighted by molar-refractivity contribution is 0.0713. The van der Waals surface area contributed by atoms with Crippen molar-refractivity contribution in [3.05, 3.63) is 83.7 Å². The van der Waals surface area contributed by atoms with E-state index in [2.05, 4.69) is 34.4 Å². The van der Waals surface area contributed by atoms with Crippen LogP contribution >= 0.6 is 0 Å². The van der Waals surface area contributed by atoms with E-state index in [1.807, 2.05) is 23.1 Å². The smallest absolute Gasteiger partial charge is 0.273 e. The highest BCUT2D eigenvalue weighted by Gasteiger charge is 2.27. The second-order valence-electron chi connectivity index (χ2n) is 10.6. The van der Waals surface area contributed by atoms with Gasteiger partial charge in [0.2, 0.25) is 0 Å². The first-order chi connectivity index (χ1) is 18.4. The fraction of sp³-hybridized carbons (Fsp3) is 0.400. The molecule has 2 saturated heterocycles. The Bertz CT molecular complexity index is 1250. The number of carbonyl (C=O) groups excluding carboxylic acids is 1. The van der Waals surface area contributed by atoms with Gasteiger partial charge in [0.25, 0.3) is 5.91 Å². The molecule has 38 heavy (non-hydrogen) atoms. The predicted molar refractivity (Wildman–Crippen MR) is 146 cm³/mol. The first-order valence-corrected chi connectivity index (χ1v) is 13.4. The zero-order valence-electron chi connectivity index (χ0n) is 22.0. The highest BCUT2D eigenvalue weighted by molar-refractivity contribution is 5.99. The summed E-state index contributed by atoms with van der Waals surface area (Å²) in [5.74, 6) is -0.675. The van der Waals surface area contributed by atoms with Crippen molar-refractivity contribution in [2.75, 3.05) is 31.5 Å². The number of halogens is 2. The lowest BCUT2D eigenvalue weighted by atomic mass is 9.99. The van der Waals surface area contributed by atoms with Gasteiger partial charge in [-0.1, -0.05) is 18.2 Å². The van der Waals surface area contributed by atoms with Gasteiger partial charge in [-0.3, -0.25) is 14.7 Å². The van der Waals surface area contributed by atoms with Gasteiger partial charge in [0.15, 0.2) is 0 Å². The normalized spacial score (nSPS) is 20.9. The van der Waals surface area contributed by atoms with Crippen LogP contribution in [0.3, 0.4) is 0 Å². The van der Waals surface area contributed by atoms with E-state index >= 15 is 4.39 Å². The van der Waals surface area contributed by atoms with E-state index in [9.17, 15) is 9.18 Å². The monoisotopic (exact) mass is 519 g/mol. The lowest BCUT2D eigenvalue weighted by Gasteiger charge is -2.36. The number of piperazine rings is 1. The molecule has 0 spiro atoms. The van der Waals surface area contributed by atoms with Crippen LogP contribution in [-0.4, -0.2) is 65.0 Å². The van der Waals surface area contributed by atoms with E-state index in [0.717, 1.165) is 31.6 Å². The summed E-state index contributed by atoms with van der Waals surface area (Å²) in [7, 11) is 0. The van der Waals surface area contributed by atoms with Gasteiger partial charge >= 0.3 is 0 Å². The van der Waals surface area contributed by atoms with Crippen LogP contribution in [0.2, 0.25) is 0 Å². The second-order valence-corrected chi connectivity index (χ2v) is 10.6. The molecule has 2 aromatic carbocycles. The molecule has 2 N–H and O–H groups in total. The molecule has 2 aliphatic heterocycles. The molecule has 200 valence electrons. The summed E-state index contributed by atoms with van der Waals surface area (Å²) in [5.41, 5.74) is 3.16. The largest absolute Gasteiger partial charge is 0.382 e. The van der Waals surface area contributed by atoms with Crippen LogP contribution in [0.1, 0.15) is 42.7 Å². The molecule has 2 aliphatic rings. The number of amides is 1. The van der Waals surface area contributed by atoms with Crippen molar-refractivity contribution in [3.63, 3.8) is 0 Å². The molecular formula is C30H35F2N5O. The summed E-state index contributed by atoms with van der Waals surface area (Å²) in [6, 6.07) is 16.1. The molecule has 2 fully saturated rings. The number of rotatable bonds is 6. The minimum atomic E-state index is -0.267. The van der Waals surface area contributed by atoms with Crippen molar-refractivity contribution in [2.24, 2.45) is 0 Å². The van der Waals surface area contributed by atoms with Crippen molar-refractivity contribution in [2.45, 2.75) is 51.4 Å². The Morgan fingerprint density at radius 2 is 1.74 bits per heavy atom. The maximum Gasteiger partial charge on any atom is 0.273 e. The maximum atomic E-state index is 15.2. The van der Waals surface area contributed by atoms with Crippen LogP contribution in [0.5, 0.6) is 0 Å². The number of nitrogens with zero attached hydrogens (tertiary/aromatic N) is 3. The van der Waals surface area contributed by atoms with Crippen LogP contribution < -0.4 is 10.6 Å². The summed E-state index contributed by atoms with van der Waals surface area (Å²) in [6.07, 6.45) is 3.16. The summed E-state index contributed by atoms with van der Waals surface area (Å²) >= 11 is 0. The summed E-state index contributed by atoms with van der Waals surface area (Å²) < 4.78 is 28.4. The Morgan fingerprint density at radius 1 is 1.03 bits per heavy atom. The van der Waals surface area contributed by atoms with Crippen molar-refractivity contribution in [1.82, 2.24) is 20.1 Å². The van der Waals surface area contributed by atoms with Gasteiger partial charge in [0.05, 0.1) is 0 Å². The highest BCUT2D eigenvalue weighted by Crippen LogP contribution is 2.27. The van der Waals surface area contributed by atoms with E-state index in [1.54, 1.807) is 24.4 Å². The van der Waals surface area contributed by atoms with Crippen LogP contribution in [0.25, 0.3) is 11.1 Å². The number of likely N-dealkylation sites (tertiary alicyclic amines) is 1. The Kier molecular flexibility index (Phi) is 8.00. The first kappa shape index (κ1) is 26.3. The number of carbonyl (C=O) groups is 1. The van der Waals surface area contributed by atoms with E-state index in [4.69, 9.17) is 0 Å². The van der Waals surface area contributed by atoms with Gasteiger partial charge in [-0.25, -0.2) is 8.78 Å². The molecule has 0 bridgehead atoms. The fourth-order valence-electron chi connectivity index (χ4n) is 5.62. The first-order valence-electron chi connectivity index (χ1n) is 13.4. The van der Waals surface area contributed by atoms with Crippen LogP contribution in [0.15, 0.2) is 60.8 Å². The molecule has 0 saturated carbocycles. The summed E-state index contributed by atoms with van der Waals surface area (Å²) in [5, 5.41) is 6.93. The number of piperidine rings is 1. The van der Waals surface area contributed by atoms with Gasteiger partial charge in [0.1, 0.15) is 17.3 Å². The third kappa shape index (κ3) is 6.19. The standard InChI is InChI=1S/C30H35F2N5O/c1-20-17-36(18-21(2)34-20)19-23-6-5-22(16-28(23)32)27-4-3-13-33-29(27)30(38)37-14-11-26(12-15-37)35-25-9-7-24(31)8-10-25/h3-10,13,16,20-21,26,34-35H,11-12,14-15,17-19H2,1-2H3/t20-,21+. The molecule has 0 aliphatic carbocycles. The molecule has 2 atom stereocenters. The number of pyridine rings is 1. The zero-order chi connectivity index (χ0) is 26.6. The molecule has 0 unspecified atom stereocenters. The molecule has 8 heteroatoms. The Balaban J connectivity index is 1.25. The van der Waals surface area contributed by atoms with Crippen LogP contribution in [0.4, 0.5) is 14.5 Å². The number of aromatic nitrogens is 1. The molecule has 0 radical (unpaired) electrons. The second kappa shape index (κ2) is 11.6. The number of hydrogen-bond donors (Lipinski definition) is 2. The van der Waals surface area contributed by atoms with Gasteiger partial charge in [0, 0.05) is 73.9 Å².